The molecule has 0 aliphatic heterocycles. The van der Waals surface area contributed by atoms with Crippen LogP contribution in [0.25, 0.3) is 0 Å². The molecule has 0 amide bonds. The Morgan fingerprint density at radius 2 is 1.81 bits per heavy atom. The molecule has 5 nitrogen and oxygen atoms in total. The first-order valence-electron chi connectivity index (χ1n) is 9.66. The number of H-pyrrole nitrogens is 1. The summed E-state index contributed by atoms with van der Waals surface area (Å²) in [5.41, 5.74) is 3.81. The second-order valence-electron chi connectivity index (χ2n) is 7.59. The third-order valence-corrected chi connectivity index (χ3v) is 5.86. The number of aromatic amines is 1. The minimum atomic E-state index is -0.331. The van der Waals surface area contributed by atoms with Crippen molar-refractivity contribution in [2.24, 2.45) is 0 Å². The van der Waals surface area contributed by atoms with Gasteiger partial charge in [0.2, 0.25) is 0 Å². The summed E-state index contributed by atoms with van der Waals surface area (Å²) in [5.74, 6) is 0.662. The van der Waals surface area contributed by atoms with E-state index < -0.39 is 0 Å². The van der Waals surface area contributed by atoms with Crippen molar-refractivity contribution in [3.63, 3.8) is 0 Å². The van der Waals surface area contributed by atoms with E-state index in [2.05, 4.69) is 4.98 Å². The van der Waals surface area contributed by atoms with Gasteiger partial charge in [-0.05, 0) is 68.2 Å². The van der Waals surface area contributed by atoms with Gasteiger partial charge >= 0.3 is 5.97 Å². The first kappa shape index (κ1) is 17.8. The van der Waals surface area contributed by atoms with E-state index in [9.17, 15) is 9.59 Å². The lowest BCUT2D eigenvalue weighted by Crippen LogP contribution is -2.18. The van der Waals surface area contributed by atoms with Crippen molar-refractivity contribution in [2.75, 3.05) is 7.11 Å². The standard InChI is InChI=1S/C22H25NO4/c1-13-20-18(23-21(13)22(25)27-17-5-3-4-6-17)11-15(12-19(20)24)14-7-9-16(26-2)10-8-14/h7-10,15,17,23H,3-6,11-12H2,1-2H3/t15-/m0/s1. The molecule has 2 aliphatic rings. The van der Waals surface area contributed by atoms with Crippen LogP contribution in [0, 0.1) is 6.92 Å². The van der Waals surface area contributed by atoms with Crippen LogP contribution < -0.4 is 4.74 Å². The van der Waals surface area contributed by atoms with Gasteiger partial charge in [-0.2, -0.15) is 0 Å². The smallest absolute Gasteiger partial charge is 0.355 e. The van der Waals surface area contributed by atoms with Gasteiger partial charge in [-0.25, -0.2) is 4.79 Å². The summed E-state index contributed by atoms with van der Waals surface area (Å²) < 4.78 is 10.8. The fourth-order valence-corrected chi connectivity index (χ4v) is 4.37. The predicted molar refractivity (Wildman–Crippen MR) is 102 cm³/mol. The second-order valence-corrected chi connectivity index (χ2v) is 7.59. The van der Waals surface area contributed by atoms with Crippen LogP contribution in [0.1, 0.15) is 75.7 Å². The number of methoxy groups -OCH3 is 1. The Morgan fingerprint density at radius 1 is 1.11 bits per heavy atom. The van der Waals surface area contributed by atoms with Crippen LogP contribution in [0.5, 0.6) is 5.75 Å². The van der Waals surface area contributed by atoms with Gasteiger partial charge in [0, 0.05) is 17.7 Å². The lowest BCUT2D eigenvalue weighted by atomic mass is 9.81. The summed E-state index contributed by atoms with van der Waals surface area (Å²) >= 11 is 0. The number of esters is 1. The van der Waals surface area contributed by atoms with E-state index in [1.54, 1.807) is 7.11 Å². The van der Waals surface area contributed by atoms with Gasteiger partial charge in [0.15, 0.2) is 5.78 Å². The number of carbonyl (C=O) groups excluding carboxylic acids is 2. The minimum Gasteiger partial charge on any atom is -0.497 e. The van der Waals surface area contributed by atoms with Crippen molar-refractivity contribution >= 4 is 11.8 Å². The fraction of sp³-hybridized carbons (Fsp3) is 0.455. The van der Waals surface area contributed by atoms with Crippen LogP contribution in [0.4, 0.5) is 0 Å². The van der Waals surface area contributed by atoms with E-state index in [1.807, 2.05) is 31.2 Å². The summed E-state index contributed by atoms with van der Waals surface area (Å²) in [7, 11) is 1.64. The molecule has 0 bridgehead atoms. The number of carbonyl (C=O) groups is 2. The molecule has 1 aromatic carbocycles. The highest BCUT2D eigenvalue weighted by atomic mass is 16.5. The first-order chi connectivity index (χ1) is 13.1. The van der Waals surface area contributed by atoms with Crippen molar-refractivity contribution in [3.05, 3.63) is 52.3 Å². The molecule has 1 aromatic heterocycles. The number of ether oxygens (including phenoxy) is 2. The highest BCUT2D eigenvalue weighted by Crippen LogP contribution is 2.36. The summed E-state index contributed by atoms with van der Waals surface area (Å²) in [6.45, 7) is 1.84. The summed E-state index contributed by atoms with van der Waals surface area (Å²) in [5, 5.41) is 0. The number of aromatic nitrogens is 1. The van der Waals surface area contributed by atoms with Gasteiger partial charge in [-0.15, -0.1) is 0 Å². The maximum absolute atomic E-state index is 12.8. The number of Topliss-reactive ketones (excluding diaryl/α,β-unsaturated/α-hetero) is 1. The molecule has 1 saturated carbocycles. The second kappa shape index (κ2) is 7.22. The fourth-order valence-electron chi connectivity index (χ4n) is 4.37. The van der Waals surface area contributed by atoms with E-state index in [-0.39, 0.29) is 23.8 Å². The SMILES string of the molecule is COc1ccc([C@@H]2CC(=O)c3c([nH]c(C(=O)OC4CCCC4)c3C)C2)cc1. The molecule has 0 saturated heterocycles. The van der Waals surface area contributed by atoms with Crippen LogP contribution in [0.3, 0.4) is 0 Å². The number of hydrogen-bond acceptors (Lipinski definition) is 4. The molecule has 4 rings (SSSR count). The molecule has 1 heterocycles. The first-order valence-corrected chi connectivity index (χ1v) is 9.66. The van der Waals surface area contributed by atoms with E-state index >= 15 is 0 Å². The lowest BCUT2D eigenvalue weighted by molar-refractivity contribution is 0.0310. The average molecular weight is 367 g/mol. The Bertz CT molecular complexity index is 859. The zero-order valence-corrected chi connectivity index (χ0v) is 15.8. The van der Waals surface area contributed by atoms with Crippen LogP contribution >= 0.6 is 0 Å². The van der Waals surface area contributed by atoms with Gasteiger partial charge in [-0.3, -0.25) is 4.79 Å². The molecule has 0 unspecified atom stereocenters. The van der Waals surface area contributed by atoms with Crippen molar-refractivity contribution in [2.45, 2.75) is 57.5 Å². The van der Waals surface area contributed by atoms with E-state index in [0.29, 0.717) is 24.1 Å². The lowest BCUT2D eigenvalue weighted by Gasteiger charge is -2.22. The van der Waals surface area contributed by atoms with Gasteiger partial charge in [0.25, 0.3) is 0 Å². The molecule has 1 N–H and O–H groups in total. The highest BCUT2D eigenvalue weighted by molar-refractivity contribution is 6.03. The molecule has 1 atom stereocenters. The normalized spacial score (nSPS) is 19.8. The van der Waals surface area contributed by atoms with Gasteiger partial charge in [0.05, 0.1) is 7.11 Å². The highest BCUT2D eigenvalue weighted by Gasteiger charge is 2.33. The zero-order valence-electron chi connectivity index (χ0n) is 15.8. The van der Waals surface area contributed by atoms with Crippen LogP contribution in [-0.2, 0) is 11.2 Å². The summed E-state index contributed by atoms with van der Waals surface area (Å²) in [6.07, 6.45) is 5.27. The molecule has 0 spiro atoms. The van der Waals surface area contributed by atoms with Gasteiger partial charge < -0.3 is 14.5 Å². The van der Waals surface area contributed by atoms with Crippen molar-refractivity contribution in [3.8, 4) is 5.75 Å². The zero-order chi connectivity index (χ0) is 19.0. The van der Waals surface area contributed by atoms with Crippen molar-refractivity contribution < 1.29 is 19.1 Å². The molecule has 5 heteroatoms. The van der Waals surface area contributed by atoms with Gasteiger partial charge in [-0.1, -0.05) is 12.1 Å². The molecular weight excluding hydrogens is 342 g/mol. The number of benzene rings is 1. The quantitative estimate of drug-likeness (QED) is 0.816. The number of fused-ring (bicyclic) bond motifs is 1. The number of nitrogens with one attached hydrogen (secondary N) is 1. The average Bonchev–Trinajstić information content (AvgIpc) is 3.29. The van der Waals surface area contributed by atoms with E-state index in [4.69, 9.17) is 9.47 Å². The maximum Gasteiger partial charge on any atom is 0.355 e. The van der Waals surface area contributed by atoms with E-state index in [1.165, 1.54) is 0 Å². The number of hydrogen-bond donors (Lipinski definition) is 1. The van der Waals surface area contributed by atoms with E-state index in [0.717, 1.165) is 48.3 Å². The predicted octanol–water partition coefficient (Wildman–Crippen LogP) is 4.34. The molecule has 142 valence electrons. The summed E-state index contributed by atoms with van der Waals surface area (Å²) in [4.78, 5) is 28.6. The van der Waals surface area contributed by atoms with Crippen LogP contribution in [-0.4, -0.2) is 30.0 Å². The molecule has 2 aromatic rings. The van der Waals surface area contributed by atoms with Crippen LogP contribution in [0.2, 0.25) is 0 Å². The van der Waals surface area contributed by atoms with Crippen molar-refractivity contribution in [1.29, 1.82) is 0 Å². The number of rotatable bonds is 4. The third kappa shape index (κ3) is 3.38. The Hall–Kier alpha value is -2.56. The monoisotopic (exact) mass is 367 g/mol. The minimum absolute atomic E-state index is 0.0139. The summed E-state index contributed by atoms with van der Waals surface area (Å²) in [6, 6.07) is 7.85. The Morgan fingerprint density at radius 3 is 2.48 bits per heavy atom. The maximum atomic E-state index is 12.8. The Balaban J connectivity index is 1.57. The Kier molecular flexibility index (Phi) is 4.77. The molecule has 1 fully saturated rings. The number of ketones is 1. The molecular formula is C22H25NO4. The third-order valence-electron chi connectivity index (χ3n) is 5.86. The molecule has 27 heavy (non-hydrogen) atoms. The molecule has 2 aliphatic carbocycles. The molecule has 0 radical (unpaired) electrons. The van der Waals surface area contributed by atoms with Crippen LogP contribution in [0.15, 0.2) is 24.3 Å². The topological polar surface area (TPSA) is 68.4 Å². The Labute approximate surface area is 159 Å². The largest absolute Gasteiger partial charge is 0.497 e. The van der Waals surface area contributed by atoms with Crippen molar-refractivity contribution in [1.82, 2.24) is 4.98 Å². The van der Waals surface area contributed by atoms with Gasteiger partial charge in [0.1, 0.15) is 17.5 Å².